The molecule has 2 aliphatic rings. The van der Waals surface area contributed by atoms with Crippen LogP contribution in [-0.4, -0.2) is 54.5 Å². The van der Waals surface area contributed by atoms with E-state index in [1.54, 1.807) is 0 Å². The van der Waals surface area contributed by atoms with Gasteiger partial charge in [-0.2, -0.15) is 0 Å². The number of hydrogen-bond donors (Lipinski definition) is 1. The number of rotatable bonds is 8. The zero-order valence-electron chi connectivity index (χ0n) is 18.5. The topological polar surface area (TPSA) is 44.8 Å². The number of hydrogen-bond acceptors (Lipinski definition) is 4. The molecule has 5 heteroatoms. The molecule has 2 aromatic rings. The molecule has 0 unspecified atom stereocenters. The first-order valence-corrected chi connectivity index (χ1v) is 11.9. The normalized spacial score (nSPS) is 18.6. The van der Waals surface area contributed by atoms with Gasteiger partial charge in [0.15, 0.2) is 0 Å². The lowest BCUT2D eigenvalue weighted by Gasteiger charge is -2.40. The van der Waals surface area contributed by atoms with Gasteiger partial charge in [0.05, 0.1) is 0 Å². The smallest absolute Gasteiger partial charge is 0.224 e. The van der Waals surface area contributed by atoms with Crippen LogP contribution in [0.5, 0.6) is 11.5 Å². The van der Waals surface area contributed by atoms with Crippen molar-refractivity contribution >= 4 is 11.6 Å². The number of benzene rings is 2. The van der Waals surface area contributed by atoms with Crippen LogP contribution in [0.1, 0.15) is 44.9 Å². The molecule has 2 saturated heterocycles. The van der Waals surface area contributed by atoms with Gasteiger partial charge >= 0.3 is 0 Å². The van der Waals surface area contributed by atoms with Gasteiger partial charge < -0.3 is 19.9 Å². The van der Waals surface area contributed by atoms with E-state index in [0.29, 0.717) is 6.42 Å². The van der Waals surface area contributed by atoms with E-state index in [1.165, 1.54) is 58.3 Å². The highest BCUT2D eigenvalue weighted by Crippen LogP contribution is 2.23. The van der Waals surface area contributed by atoms with Crippen LogP contribution in [0, 0.1) is 0 Å². The highest BCUT2D eigenvalue weighted by molar-refractivity contribution is 5.90. The van der Waals surface area contributed by atoms with Crippen molar-refractivity contribution in [3.8, 4) is 11.5 Å². The number of para-hydroxylation sites is 1. The van der Waals surface area contributed by atoms with Crippen molar-refractivity contribution < 1.29 is 9.53 Å². The molecule has 166 valence electrons. The van der Waals surface area contributed by atoms with Crippen molar-refractivity contribution in [1.82, 2.24) is 9.80 Å². The number of carbonyl (C=O) groups is 1. The van der Waals surface area contributed by atoms with Crippen molar-refractivity contribution in [3.05, 3.63) is 54.6 Å². The molecule has 0 aliphatic carbocycles. The fourth-order valence-electron chi connectivity index (χ4n) is 4.71. The van der Waals surface area contributed by atoms with Crippen LogP contribution in [0.4, 0.5) is 5.69 Å². The number of likely N-dealkylation sites (tertiary alicyclic amines) is 2. The average Bonchev–Trinajstić information content (AvgIpc) is 2.82. The van der Waals surface area contributed by atoms with Crippen LogP contribution in [0.2, 0.25) is 0 Å². The van der Waals surface area contributed by atoms with Crippen molar-refractivity contribution in [3.63, 3.8) is 0 Å². The number of amides is 1. The maximum absolute atomic E-state index is 12.3. The van der Waals surface area contributed by atoms with E-state index in [-0.39, 0.29) is 5.91 Å². The molecular weight excluding hydrogens is 386 g/mol. The van der Waals surface area contributed by atoms with E-state index < -0.39 is 0 Å². The summed E-state index contributed by atoms with van der Waals surface area (Å²) in [5, 5.41) is 3.00. The second-order valence-corrected chi connectivity index (χ2v) is 8.76. The summed E-state index contributed by atoms with van der Waals surface area (Å²) in [5.41, 5.74) is 0.813. The first-order valence-electron chi connectivity index (χ1n) is 11.9. The number of nitrogens with zero attached hydrogens (tertiary/aromatic N) is 2. The van der Waals surface area contributed by atoms with Crippen molar-refractivity contribution in [2.24, 2.45) is 0 Å². The van der Waals surface area contributed by atoms with E-state index >= 15 is 0 Å². The monoisotopic (exact) mass is 421 g/mol. The number of anilines is 1. The lowest BCUT2D eigenvalue weighted by Crippen LogP contribution is -2.46. The van der Waals surface area contributed by atoms with Crippen molar-refractivity contribution in [1.29, 1.82) is 0 Å². The molecule has 0 bridgehead atoms. The quantitative estimate of drug-likeness (QED) is 0.640. The maximum Gasteiger partial charge on any atom is 0.224 e. The van der Waals surface area contributed by atoms with Gasteiger partial charge in [0.25, 0.3) is 0 Å². The first-order chi connectivity index (χ1) is 15.3. The van der Waals surface area contributed by atoms with Gasteiger partial charge in [-0.1, -0.05) is 24.6 Å². The maximum atomic E-state index is 12.3. The van der Waals surface area contributed by atoms with Gasteiger partial charge in [-0.25, -0.2) is 0 Å². The molecule has 0 spiro atoms. The Labute approximate surface area is 186 Å². The Hall–Kier alpha value is -2.37. The molecule has 2 aliphatic heterocycles. The summed E-state index contributed by atoms with van der Waals surface area (Å²) >= 11 is 0. The standard InChI is InChI=1S/C26H35N3O2/c30-26(27-22-11-13-25(14-12-22)31-24-8-3-1-4-9-24)10-7-17-28-20-15-23(16-21-28)29-18-5-2-6-19-29/h1,3-4,8-9,11-14,23H,2,5-7,10,15-21H2,(H,27,30). The fourth-order valence-corrected chi connectivity index (χ4v) is 4.71. The lowest BCUT2D eigenvalue weighted by atomic mass is 10.00. The van der Waals surface area contributed by atoms with Crippen LogP contribution in [0.15, 0.2) is 54.6 Å². The molecule has 2 heterocycles. The number of piperidine rings is 2. The van der Waals surface area contributed by atoms with Gasteiger partial charge in [-0.3, -0.25) is 4.79 Å². The summed E-state index contributed by atoms with van der Waals surface area (Å²) in [6, 6.07) is 18.0. The first kappa shape index (κ1) is 21.8. The van der Waals surface area contributed by atoms with Gasteiger partial charge in [-0.15, -0.1) is 0 Å². The third kappa shape index (κ3) is 6.81. The molecule has 2 fully saturated rings. The van der Waals surface area contributed by atoms with Crippen molar-refractivity contribution in [2.75, 3.05) is 38.0 Å². The minimum atomic E-state index is 0.0833. The number of nitrogens with one attached hydrogen (secondary N) is 1. The summed E-state index contributed by atoms with van der Waals surface area (Å²) in [6.07, 6.45) is 8.19. The Balaban J connectivity index is 1.12. The molecule has 0 atom stereocenters. The molecule has 0 radical (unpaired) electrons. The van der Waals surface area contributed by atoms with Gasteiger partial charge in [-0.05, 0) is 101 Å². The zero-order valence-corrected chi connectivity index (χ0v) is 18.5. The Morgan fingerprint density at radius 3 is 2.26 bits per heavy atom. The summed E-state index contributed by atoms with van der Waals surface area (Å²) in [7, 11) is 0. The Morgan fingerprint density at radius 2 is 1.55 bits per heavy atom. The molecule has 1 amide bonds. The second-order valence-electron chi connectivity index (χ2n) is 8.76. The summed E-state index contributed by atoms with van der Waals surface area (Å²) in [5.74, 6) is 1.65. The number of carbonyl (C=O) groups excluding carboxylic acids is 1. The molecule has 5 nitrogen and oxygen atoms in total. The van der Waals surface area contributed by atoms with Crippen LogP contribution in [0.3, 0.4) is 0 Å². The van der Waals surface area contributed by atoms with E-state index in [9.17, 15) is 4.79 Å². The SMILES string of the molecule is O=C(CCCN1CCC(N2CCCCC2)CC1)Nc1ccc(Oc2ccccc2)cc1. The van der Waals surface area contributed by atoms with E-state index in [2.05, 4.69) is 15.1 Å². The third-order valence-electron chi connectivity index (χ3n) is 6.46. The Bertz CT molecular complexity index is 795. The minimum absolute atomic E-state index is 0.0833. The van der Waals surface area contributed by atoms with E-state index in [0.717, 1.165) is 36.2 Å². The summed E-state index contributed by atoms with van der Waals surface area (Å²) < 4.78 is 5.80. The third-order valence-corrected chi connectivity index (χ3v) is 6.46. The second kappa shape index (κ2) is 11.3. The van der Waals surface area contributed by atoms with Gasteiger partial charge in [0.2, 0.25) is 5.91 Å². The molecule has 4 rings (SSSR count). The average molecular weight is 422 g/mol. The summed E-state index contributed by atoms with van der Waals surface area (Å²) in [4.78, 5) is 17.6. The zero-order chi connectivity index (χ0) is 21.3. The van der Waals surface area contributed by atoms with Crippen LogP contribution < -0.4 is 10.1 Å². The predicted octanol–water partition coefficient (Wildman–Crippen LogP) is 5.15. The molecule has 0 saturated carbocycles. The highest BCUT2D eigenvalue weighted by Gasteiger charge is 2.25. The largest absolute Gasteiger partial charge is 0.457 e. The molecule has 31 heavy (non-hydrogen) atoms. The number of ether oxygens (including phenoxy) is 1. The molecule has 1 N–H and O–H groups in total. The highest BCUT2D eigenvalue weighted by atomic mass is 16.5. The minimum Gasteiger partial charge on any atom is -0.457 e. The van der Waals surface area contributed by atoms with E-state index in [1.807, 2.05) is 54.6 Å². The van der Waals surface area contributed by atoms with Crippen molar-refractivity contribution in [2.45, 2.75) is 51.0 Å². The molecule has 0 aromatic heterocycles. The molecular formula is C26H35N3O2. The van der Waals surface area contributed by atoms with Crippen LogP contribution in [-0.2, 0) is 4.79 Å². The Morgan fingerprint density at radius 1 is 0.871 bits per heavy atom. The fraction of sp³-hybridized carbons (Fsp3) is 0.500. The van der Waals surface area contributed by atoms with Crippen LogP contribution >= 0.6 is 0 Å². The van der Waals surface area contributed by atoms with Gasteiger partial charge in [0.1, 0.15) is 11.5 Å². The molecule has 2 aromatic carbocycles. The summed E-state index contributed by atoms with van der Waals surface area (Å²) in [6.45, 7) is 5.95. The van der Waals surface area contributed by atoms with E-state index in [4.69, 9.17) is 4.74 Å². The van der Waals surface area contributed by atoms with Gasteiger partial charge in [0, 0.05) is 18.2 Å². The Kier molecular flexibility index (Phi) is 7.97. The van der Waals surface area contributed by atoms with Crippen LogP contribution in [0.25, 0.3) is 0 Å². The predicted molar refractivity (Wildman–Crippen MR) is 126 cm³/mol. The lowest BCUT2D eigenvalue weighted by molar-refractivity contribution is -0.116.